The first-order chi connectivity index (χ1) is 17.4. The lowest BCUT2D eigenvalue weighted by molar-refractivity contribution is -0.136. The van der Waals surface area contributed by atoms with Gasteiger partial charge in [-0.1, -0.05) is 86.7 Å². The first kappa shape index (κ1) is 27.5. The summed E-state index contributed by atoms with van der Waals surface area (Å²) < 4.78 is 0. The monoisotopic (exact) mass is 505 g/mol. The Bertz CT molecular complexity index is 1140. The zero-order valence-electron chi connectivity index (χ0n) is 21.2. The molecule has 0 heterocycles. The number of halogens is 1. The van der Waals surface area contributed by atoms with E-state index in [1.165, 1.54) is 47.9 Å². The fourth-order valence-corrected chi connectivity index (χ4v) is 4.63. The fourth-order valence-electron chi connectivity index (χ4n) is 4.51. The van der Waals surface area contributed by atoms with Crippen molar-refractivity contribution in [3.05, 3.63) is 94.0 Å². The van der Waals surface area contributed by atoms with Crippen molar-refractivity contribution in [2.75, 3.05) is 6.54 Å². The number of aliphatic carboxylic acids is 1. The molecule has 0 radical (unpaired) electrons. The Labute approximate surface area is 219 Å². The van der Waals surface area contributed by atoms with Gasteiger partial charge in [0.1, 0.15) is 0 Å². The first-order valence-electron chi connectivity index (χ1n) is 12.8. The van der Waals surface area contributed by atoms with Gasteiger partial charge in [0.2, 0.25) is 0 Å². The van der Waals surface area contributed by atoms with Gasteiger partial charge in [0.25, 0.3) is 5.91 Å². The van der Waals surface area contributed by atoms with Crippen molar-refractivity contribution in [1.82, 2.24) is 5.32 Å². The molecule has 0 aliphatic rings. The van der Waals surface area contributed by atoms with E-state index in [9.17, 15) is 9.59 Å². The Morgan fingerprint density at radius 3 is 2.25 bits per heavy atom. The summed E-state index contributed by atoms with van der Waals surface area (Å²) in [6.07, 6.45) is 6.83. The second-order valence-electron chi connectivity index (χ2n) is 9.42. The molecule has 0 aromatic heterocycles. The Morgan fingerprint density at radius 1 is 0.917 bits per heavy atom. The number of rotatable bonds is 13. The quantitative estimate of drug-likeness (QED) is 0.233. The van der Waals surface area contributed by atoms with Crippen LogP contribution in [0.2, 0.25) is 5.02 Å². The molecule has 3 aromatic carbocycles. The van der Waals surface area contributed by atoms with E-state index >= 15 is 0 Å². The standard InChI is InChI=1S/C31H36ClNO3/c1-3-4-5-6-7-27(23-8-10-25(11-9-23)31(36)33-19-18-30(34)35)21-26-12-13-28(20-22(26)2)24-14-16-29(32)17-15-24/h8-17,20,27H,3-7,18-19,21H2,1-2H3,(H,33,36)(H,34,35). The topological polar surface area (TPSA) is 66.4 Å². The molecular weight excluding hydrogens is 470 g/mol. The van der Waals surface area contributed by atoms with Crippen LogP contribution in [0.5, 0.6) is 0 Å². The highest BCUT2D eigenvalue weighted by molar-refractivity contribution is 6.30. The number of carbonyl (C=O) groups excluding carboxylic acids is 1. The van der Waals surface area contributed by atoms with Crippen molar-refractivity contribution in [2.45, 2.75) is 64.7 Å². The molecule has 4 nitrogen and oxygen atoms in total. The molecular formula is C31H36ClNO3. The van der Waals surface area contributed by atoms with E-state index < -0.39 is 5.97 Å². The lowest BCUT2D eigenvalue weighted by Gasteiger charge is -2.20. The van der Waals surface area contributed by atoms with E-state index in [1.807, 2.05) is 48.5 Å². The third-order valence-corrected chi connectivity index (χ3v) is 6.91. The number of aryl methyl sites for hydroxylation is 1. The third kappa shape index (κ3) is 8.23. The Hall–Kier alpha value is -3.11. The van der Waals surface area contributed by atoms with Crippen LogP contribution in [0, 0.1) is 6.92 Å². The van der Waals surface area contributed by atoms with Gasteiger partial charge in [0.15, 0.2) is 0 Å². The fraction of sp³-hybridized carbons (Fsp3) is 0.355. The predicted molar refractivity (Wildman–Crippen MR) is 148 cm³/mol. The number of carboxylic acid groups (broad SMARTS) is 1. The summed E-state index contributed by atoms with van der Waals surface area (Å²) in [5, 5.41) is 12.2. The number of hydrogen-bond acceptors (Lipinski definition) is 2. The molecule has 1 amide bonds. The first-order valence-corrected chi connectivity index (χ1v) is 13.2. The van der Waals surface area contributed by atoms with E-state index in [1.54, 1.807) is 0 Å². The third-order valence-electron chi connectivity index (χ3n) is 6.66. The van der Waals surface area contributed by atoms with Gasteiger partial charge in [-0.25, -0.2) is 0 Å². The number of unbranched alkanes of at least 4 members (excludes halogenated alkanes) is 3. The normalized spacial score (nSPS) is 11.8. The van der Waals surface area contributed by atoms with Crippen LogP contribution in [0.25, 0.3) is 11.1 Å². The zero-order valence-corrected chi connectivity index (χ0v) is 22.0. The highest BCUT2D eigenvalue weighted by Gasteiger charge is 2.16. The number of carboxylic acids is 1. The van der Waals surface area contributed by atoms with Crippen LogP contribution >= 0.6 is 11.6 Å². The van der Waals surface area contributed by atoms with Crippen molar-refractivity contribution in [3.63, 3.8) is 0 Å². The average molecular weight is 506 g/mol. The second kappa shape index (κ2) is 13.8. The zero-order chi connectivity index (χ0) is 25.9. The minimum Gasteiger partial charge on any atom is -0.481 e. The molecule has 1 atom stereocenters. The van der Waals surface area contributed by atoms with Crippen molar-refractivity contribution in [3.8, 4) is 11.1 Å². The predicted octanol–water partition coefficient (Wildman–Crippen LogP) is 7.82. The van der Waals surface area contributed by atoms with Crippen molar-refractivity contribution >= 4 is 23.5 Å². The van der Waals surface area contributed by atoms with Crippen LogP contribution in [-0.2, 0) is 11.2 Å². The summed E-state index contributed by atoms with van der Waals surface area (Å²) in [7, 11) is 0. The Morgan fingerprint density at radius 2 is 1.61 bits per heavy atom. The molecule has 36 heavy (non-hydrogen) atoms. The maximum absolute atomic E-state index is 12.3. The minimum absolute atomic E-state index is 0.0835. The van der Waals surface area contributed by atoms with E-state index in [2.05, 4.69) is 37.4 Å². The summed E-state index contributed by atoms with van der Waals surface area (Å²) in [5.41, 5.74) is 6.74. The van der Waals surface area contributed by atoms with E-state index in [4.69, 9.17) is 16.7 Å². The lowest BCUT2D eigenvalue weighted by Crippen LogP contribution is -2.25. The van der Waals surface area contributed by atoms with Gasteiger partial charge in [-0.2, -0.15) is 0 Å². The number of benzene rings is 3. The van der Waals surface area contributed by atoms with Gasteiger partial charge in [-0.05, 0) is 77.8 Å². The molecule has 3 rings (SSSR count). The molecule has 190 valence electrons. The van der Waals surface area contributed by atoms with Gasteiger partial charge in [0, 0.05) is 17.1 Å². The molecule has 0 aliphatic heterocycles. The summed E-state index contributed by atoms with van der Waals surface area (Å²) >= 11 is 6.05. The molecule has 0 bridgehead atoms. The molecule has 3 aromatic rings. The highest BCUT2D eigenvalue weighted by Crippen LogP contribution is 2.30. The largest absolute Gasteiger partial charge is 0.481 e. The Balaban J connectivity index is 1.74. The van der Waals surface area contributed by atoms with Crippen molar-refractivity contribution < 1.29 is 14.7 Å². The van der Waals surface area contributed by atoms with Crippen LogP contribution in [0.15, 0.2) is 66.7 Å². The van der Waals surface area contributed by atoms with E-state index in [-0.39, 0.29) is 18.9 Å². The molecule has 0 saturated heterocycles. The van der Waals surface area contributed by atoms with Gasteiger partial charge >= 0.3 is 5.97 Å². The van der Waals surface area contributed by atoms with E-state index in [0.29, 0.717) is 11.5 Å². The van der Waals surface area contributed by atoms with Gasteiger partial charge < -0.3 is 10.4 Å². The summed E-state index contributed by atoms with van der Waals surface area (Å²) in [4.78, 5) is 23.0. The highest BCUT2D eigenvalue weighted by atomic mass is 35.5. The van der Waals surface area contributed by atoms with Gasteiger partial charge in [0.05, 0.1) is 6.42 Å². The number of nitrogens with one attached hydrogen (secondary N) is 1. The molecule has 0 spiro atoms. The summed E-state index contributed by atoms with van der Waals surface area (Å²) in [6.45, 7) is 4.53. The summed E-state index contributed by atoms with van der Waals surface area (Å²) in [6, 6.07) is 22.4. The molecule has 0 saturated carbocycles. The smallest absolute Gasteiger partial charge is 0.305 e. The van der Waals surface area contributed by atoms with Crippen LogP contribution < -0.4 is 5.32 Å². The molecule has 5 heteroatoms. The second-order valence-corrected chi connectivity index (χ2v) is 9.86. The number of carbonyl (C=O) groups is 2. The van der Waals surface area contributed by atoms with Gasteiger partial charge in [-0.15, -0.1) is 0 Å². The minimum atomic E-state index is -0.923. The summed E-state index contributed by atoms with van der Waals surface area (Å²) in [5.74, 6) is -0.796. The maximum atomic E-state index is 12.3. The molecule has 1 unspecified atom stereocenters. The van der Waals surface area contributed by atoms with Crippen LogP contribution in [0.3, 0.4) is 0 Å². The van der Waals surface area contributed by atoms with Crippen molar-refractivity contribution in [2.24, 2.45) is 0 Å². The van der Waals surface area contributed by atoms with Crippen LogP contribution in [0.4, 0.5) is 0 Å². The number of hydrogen-bond donors (Lipinski definition) is 2. The van der Waals surface area contributed by atoms with Crippen molar-refractivity contribution in [1.29, 1.82) is 0 Å². The molecule has 0 fully saturated rings. The Kier molecular flexibility index (Phi) is 10.6. The maximum Gasteiger partial charge on any atom is 0.305 e. The molecule has 0 aliphatic carbocycles. The number of amides is 1. The average Bonchev–Trinajstić information content (AvgIpc) is 2.87. The van der Waals surface area contributed by atoms with Gasteiger partial charge in [-0.3, -0.25) is 9.59 Å². The SMILES string of the molecule is CCCCCCC(Cc1ccc(-c2ccc(Cl)cc2)cc1C)c1ccc(C(=O)NCCC(=O)O)cc1. The van der Waals surface area contributed by atoms with Crippen LogP contribution in [-0.4, -0.2) is 23.5 Å². The lowest BCUT2D eigenvalue weighted by atomic mass is 9.85. The van der Waals surface area contributed by atoms with Crippen LogP contribution in [0.1, 0.15) is 78.4 Å². The van der Waals surface area contributed by atoms with E-state index in [0.717, 1.165) is 23.4 Å². The molecule has 2 N–H and O–H groups in total.